The van der Waals surface area contributed by atoms with Gasteiger partial charge in [0.25, 0.3) is 5.91 Å². The fraction of sp³-hybridized carbons (Fsp3) is 0.321. The molecule has 3 heterocycles. The Kier molecular flexibility index (Phi) is 11.2. The van der Waals surface area contributed by atoms with E-state index in [9.17, 15) is 4.79 Å². The average molecular weight is 566 g/mol. The second-order valence-corrected chi connectivity index (χ2v) is 11.1. The second kappa shape index (κ2) is 14.6. The molecule has 0 aliphatic heterocycles. The number of aromatic nitrogens is 4. The number of nitrogens with zero attached hydrogens (tertiary/aromatic N) is 5. The van der Waals surface area contributed by atoms with Crippen molar-refractivity contribution in [1.29, 1.82) is 0 Å². The van der Waals surface area contributed by atoms with Gasteiger partial charge in [0.1, 0.15) is 5.75 Å². The van der Waals surface area contributed by atoms with E-state index < -0.39 is 0 Å². The highest BCUT2D eigenvalue weighted by atomic mass is 32.2. The number of carbonyl (C=O) groups is 1. The van der Waals surface area contributed by atoms with E-state index in [1.165, 1.54) is 23.1 Å². The zero-order valence-electron chi connectivity index (χ0n) is 21.8. The molecule has 39 heavy (non-hydrogen) atoms. The number of benzene rings is 1. The van der Waals surface area contributed by atoms with Crippen molar-refractivity contribution in [3.63, 3.8) is 0 Å². The Hall–Kier alpha value is -3.54. The van der Waals surface area contributed by atoms with Gasteiger partial charge in [0.2, 0.25) is 0 Å². The monoisotopic (exact) mass is 565 g/mol. The van der Waals surface area contributed by atoms with Crippen molar-refractivity contribution in [2.75, 3.05) is 32.5 Å². The number of anilines is 2. The van der Waals surface area contributed by atoms with Gasteiger partial charge in [-0.2, -0.15) is 0 Å². The van der Waals surface area contributed by atoms with Crippen LogP contribution in [0.2, 0.25) is 0 Å². The normalized spacial score (nSPS) is 10.8. The molecule has 11 heteroatoms. The molecule has 0 bridgehead atoms. The third-order valence-corrected chi connectivity index (χ3v) is 6.80. The Labute approximate surface area is 238 Å². The van der Waals surface area contributed by atoms with Gasteiger partial charge in [-0.05, 0) is 62.5 Å². The Balaban J connectivity index is 0.00000420. The van der Waals surface area contributed by atoms with Crippen LogP contribution in [-0.2, 0) is 6.42 Å². The Bertz CT molecular complexity index is 1350. The summed E-state index contributed by atoms with van der Waals surface area (Å²) in [5.74, 6) is 1.91. The summed E-state index contributed by atoms with van der Waals surface area (Å²) in [7, 11) is 3.93. The molecule has 0 radical (unpaired) electrons. The van der Waals surface area contributed by atoms with E-state index in [4.69, 9.17) is 9.72 Å². The second-order valence-electron chi connectivity index (χ2n) is 9.21. The Morgan fingerprint density at radius 2 is 1.92 bits per heavy atom. The summed E-state index contributed by atoms with van der Waals surface area (Å²) >= 11 is 2.91. The molecule has 4 aromatic rings. The number of rotatable bonds is 12. The molecule has 0 saturated heterocycles. The van der Waals surface area contributed by atoms with Crippen LogP contribution in [0.25, 0.3) is 0 Å². The molecule has 0 fully saturated rings. The molecule has 2 N–H and O–H groups in total. The van der Waals surface area contributed by atoms with Crippen LogP contribution < -0.4 is 15.4 Å². The molecule has 0 aliphatic rings. The highest BCUT2D eigenvalue weighted by molar-refractivity contribution is 7.99. The van der Waals surface area contributed by atoms with Crippen LogP contribution in [-0.4, -0.2) is 57.9 Å². The lowest BCUT2D eigenvalue weighted by Crippen LogP contribution is -2.31. The zero-order chi connectivity index (χ0) is 26.9. The Morgan fingerprint density at radius 1 is 1.13 bits per heavy atom. The summed E-state index contributed by atoms with van der Waals surface area (Å²) < 4.78 is 6.27. The first-order chi connectivity index (χ1) is 18.4. The van der Waals surface area contributed by atoms with Crippen LogP contribution in [0, 0.1) is 5.92 Å². The van der Waals surface area contributed by atoms with Crippen molar-refractivity contribution in [2.24, 2.45) is 5.92 Å². The minimum Gasteiger partial charge on any atom is -0.453 e. The lowest BCUT2D eigenvalue weighted by atomic mass is 10.1. The van der Waals surface area contributed by atoms with E-state index in [2.05, 4.69) is 44.8 Å². The summed E-state index contributed by atoms with van der Waals surface area (Å²) in [6.45, 7) is 5.66. The number of hydrogen-bond donors (Lipinski definition) is 2. The molecule has 0 aliphatic carbocycles. The van der Waals surface area contributed by atoms with Crippen molar-refractivity contribution in [3.05, 3.63) is 71.6 Å². The van der Waals surface area contributed by atoms with Gasteiger partial charge in [0.05, 0.1) is 5.69 Å². The van der Waals surface area contributed by atoms with Gasteiger partial charge in [0, 0.05) is 53.6 Å². The van der Waals surface area contributed by atoms with E-state index in [1.54, 1.807) is 42.9 Å². The first kappa shape index (κ1) is 30.0. The number of amides is 1. The maximum atomic E-state index is 12.6. The predicted molar refractivity (Wildman–Crippen MR) is 158 cm³/mol. The number of thiazole rings is 1. The molecule has 4 rings (SSSR count). The first-order valence-corrected chi connectivity index (χ1v) is 13.9. The van der Waals surface area contributed by atoms with E-state index in [0.717, 1.165) is 28.7 Å². The third-order valence-electron chi connectivity index (χ3n) is 5.14. The fourth-order valence-corrected chi connectivity index (χ4v) is 4.83. The van der Waals surface area contributed by atoms with Gasteiger partial charge in [-0.15, -0.1) is 11.3 Å². The van der Waals surface area contributed by atoms with Gasteiger partial charge in [0.15, 0.2) is 21.9 Å². The molecule has 0 saturated carbocycles. The first-order valence-electron chi connectivity index (χ1n) is 12.2. The van der Waals surface area contributed by atoms with Crippen molar-refractivity contribution in [2.45, 2.75) is 37.7 Å². The number of nitrogens with one attached hydrogen (secondary N) is 2. The average Bonchev–Trinajstić information content (AvgIpc) is 3.32. The largest absolute Gasteiger partial charge is 0.453 e. The summed E-state index contributed by atoms with van der Waals surface area (Å²) in [5.41, 5.74) is 1.56. The third kappa shape index (κ3) is 9.31. The summed E-state index contributed by atoms with van der Waals surface area (Å²) in [6.07, 6.45) is 6.04. The lowest BCUT2D eigenvalue weighted by molar-refractivity contribution is 0.0950. The van der Waals surface area contributed by atoms with Gasteiger partial charge in [-0.1, -0.05) is 27.3 Å². The molecule has 0 unspecified atom stereocenters. The quantitative estimate of drug-likeness (QED) is 0.196. The number of ether oxygens (including phenoxy) is 1. The van der Waals surface area contributed by atoms with Crippen LogP contribution >= 0.6 is 23.1 Å². The Morgan fingerprint density at radius 3 is 2.67 bits per heavy atom. The van der Waals surface area contributed by atoms with Crippen LogP contribution in [0.4, 0.5) is 10.9 Å². The van der Waals surface area contributed by atoms with E-state index >= 15 is 0 Å². The number of hydrogen-bond acceptors (Lipinski definition) is 10. The highest BCUT2D eigenvalue weighted by Crippen LogP contribution is 2.36. The van der Waals surface area contributed by atoms with Crippen molar-refractivity contribution in [3.8, 4) is 11.5 Å². The van der Waals surface area contributed by atoms with Gasteiger partial charge in [-0.3, -0.25) is 4.79 Å². The smallest absolute Gasteiger partial charge is 0.251 e. The predicted octanol–water partition coefficient (Wildman–Crippen LogP) is 6.14. The minimum atomic E-state index is -0.153. The molecular weight excluding hydrogens is 530 g/mol. The molecule has 206 valence electrons. The van der Waals surface area contributed by atoms with Crippen molar-refractivity contribution in [1.82, 2.24) is 30.2 Å². The fourth-order valence-electron chi connectivity index (χ4n) is 3.40. The van der Waals surface area contributed by atoms with Gasteiger partial charge < -0.3 is 20.3 Å². The zero-order valence-corrected chi connectivity index (χ0v) is 23.5. The van der Waals surface area contributed by atoms with Gasteiger partial charge >= 0.3 is 0 Å². The van der Waals surface area contributed by atoms with E-state index in [0.29, 0.717) is 40.5 Å². The van der Waals surface area contributed by atoms with Gasteiger partial charge in [-0.25, -0.2) is 19.9 Å². The summed E-state index contributed by atoms with van der Waals surface area (Å²) in [6, 6.07) is 10.7. The summed E-state index contributed by atoms with van der Waals surface area (Å²) in [5, 5.41) is 9.63. The molecule has 1 amide bonds. The van der Waals surface area contributed by atoms with Crippen LogP contribution in [0.3, 0.4) is 0 Å². The maximum absolute atomic E-state index is 12.6. The van der Waals surface area contributed by atoms with Crippen LogP contribution in [0.1, 0.15) is 37.3 Å². The van der Waals surface area contributed by atoms with Crippen molar-refractivity contribution >= 4 is 40.0 Å². The molecular formula is C28H35N7O2S2. The molecule has 3 aromatic heterocycles. The molecule has 1 aromatic carbocycles. The number of carbonyl (C=O) groups excluding carboxylic acids is 1. The van der Waals surface area contributed by atoms with Crippen molar-refractivity contribution < 1.29 is 9.53 Å². The number of likely N-dealkylation sites (N-methyl/N-ethyl adjacent to an activating group) is 1. The van der Waals surface area contributed by atoms with E-state index in [-0.39, 0.29) is 13.3 Å². The molecule has 0 spiro atoms. The topological polar surface area (TPSA) is 105 Å². The maximum Gasteiger partial charge on any atom is 0.251 e. The minimum absolute atomic E-state index is 0. The van der Waals surface area contributed by atoms with Crippen LogP contribution in [0.15, 0.2) is 70.4 Å². The highest BCUT2D eigenvalue weighted by Gasteiger charge is 2.14. The lowest BCUT2D eigenvalue weighted by Gasteiger charge is -2.13. The van der Waals surface area contributed by atoms with Crippen LogP contribution in [0.5, 0.6) is 11.5 Å². The SMILES string of the molecule is C.CC(C)Cc1csc(Nc2ncc(Sc3ncccn3)cc2Oc2cccc(C(=O)NCCN(C)C)c2)n1. The molecule has 9 nitrogen and oxygen atoms in total. The number of pyridine rings is 1. The summed E-state index contributed by atoms with van der Waals surface area (Å²) in [4.78, 5) is 33.3. The molecule has 0 atom stereocenters. The van der Waals surface area contributed by atoms with E-state index in [1.807, 2.05) is 31.1 Å². The standard InChI is InChI=1S/C27H31N7O2S2.CH4/c1-18(2)13-20-17-37-27(32-20)33-24-23(15-22(16-31-24)38-26-29-9-6-10-30-26)36-21-8-5-7-19(14-21)25(35)28-11-12-34(3)4;/h5-10,14-18H,11-13H2,1-4H3,(H,28,35)(H,31,32,33);1H4.